The average molecular weight is 390 g/mol. The number of carbonyl (C=O) groups is 1. The van der Waals surface area contributed by atoms with Crippen molar-refractivity contribution in [3.8, 4) is 0 Å². The molecular weight excluding hydrogens is 361 g/mol. The maximum Gasteiger partial charge on any atom is 0.251 e. The molecule has 1 aromatic carbocycles. The number of hydrogen-bond donors (Lipinski definition) is 2. The molecule has 2 atom stereocenters. The lowest BCUT2D eigenvalue weighted by Gasteiger charge is -2.35. The zero-order valence-electron chi connectivity index (χ0n) is 14.9. The Morgan fingerprint density at radius 3 is 2.28 bits per heavy atom. The zero-order valence-corrected chi connectivity index (χ0v) is 16.5. The van der Waals surface area contributed by atoms with Gasteiger partial charge in [-0.25, -0.2) is 0 Å². The molecule has 2 aliphatic heterocycles. The predicted octanol–water partition coefficient (Wildman–Crippen LogP) is 2.09. The molecule has 5 nitrogen and oxygen atoms in total. The molecule has 0 spiro atoms. The summed E-state index contributed by atoms with van der Waals surface area (Å²) >= 11 is 0. The van der Waals surface area contributed by atoms with Crippen LogP contribution in [0.2, 0.25) is 0 Å². The van der Waals surface area contributed by atoms with Crippen molar-refractivity contribution >= 4 is 30.7 Å². The summed E-state index contributed by atoms with van der Waals surface area (Å²) in [7, 11) is 0. The van der Waals surface area contributed by atoms with Crippen molar-refractivity contribution in [2.75, 3.05) is 32.7 Å². The van der Waals surface area contributed by atoms with Crippen LogP contribution < -0.4 is 10.6 Å². The molecule has 0 bridgehead atoms. The number of hydrogen-bond acceptors (Lipinski definition) is 4. The van der Waals surface area contributed by atoms with E-state index in [9.17, 15) is 4.79 Å². The van der Waals surface area contributed by atoms with Crippen LogP contribution in [0.3, 0.4) is 0 Å². The number of amides is 1. The third-order valence-corrected chi connectivity index (χ3v) is 4.53. The highest BCUT2D eigenvalue weighted by atomic mass is 35.5. The molecule has 1 amide bonds. The first-order chi connectivity index (χ1) is 11.1. The number of benzene rings is 1. The van der Waals surface area contributed by atoms with E-state index in [1.165, 1.54) is 5.56 Å². The molecule has 0 aromatic heterocycles. The zero-order chi connectivity index (χ0) is 16.2. The van der Waals surface area contributed by atoms with E-state index in [0.29, 0.717) is 5.92 Å². The molecule has 0 aliphatic carbocycles. The fourth-order valence-corrected chi connectivity index (χ4v) is 3.27. The van der Waals surface area contributed by atoms with Gasteiger partial charge in [0, 0.05) is 50.7 Å². The standard InChI is InChI=1S/C18H27N3O2.2ClH/c1-13-10-21(11-14(2)23-13)12-15-3-5-17(6-4-15)18(22)20-9-16-7-19-8-16;;/h3-6,13-14,16,19H,7-12H2,1-2H3,(H,20,22);2*1H. The molecule has 3 rings (SSSR count). The third kappa shape index (κ3) is 6.42. The van der Waals surface area contributed by atoms with Gasteiger partial charge in [0.25, 0.3) is 5.91 Å². The lowest BCUT2D eigenvalue weighted by atomic mass is 10.0. The Morgan fingerprint density at radius 1 is 1.16 bits per heavy atom. The number of rotatable bonds is 5. The molecule has 1 aromatic rings. The number of morpholine rings is 1. The minimum Gasteiger partial charge on any atom is -0.373 e. The number of ether oxygens (including phenoxy) is 1. The first kappa shape index (κ1) is 22.2. The van der Waals surface area contributed by atoms with Crippen LogP contribution in [0.25, 0.3) is 0 Å². The van der Waals surface area contributed by atoms with Crippen LogP contribution in [0.1, 0.15) is 29.8 Å². The summed E-state index contributed by atoms with van der Waals surface area (Å²) in [4.78, 5) is 14.5. The SMILES string of the molecule is CC1CN(Cc2ccc(C(=O)NCC3CNC3)cc2)CC(C)O1.Cl.Cl. The van der Waals surface area contributed by atoms with Crippen LogP contribution in [-0.2, 0) is 11.3 Å². The van der Waals surface area contributed by atoms with Gasteiger partial charge in [-0.1, -0.05) is 12.1 Å². The van der Waals surface area contributed by atoms with Crippen molar-refractivity contribution in [3.05, 3.63) is 35.4 Å². The Balaban J connectivity index is 0.00000156. The van der Waals surface area contributed by atoms with E-state index >= 15 is 0 Å². The fourth-order valence-electron chi connectivity index (χ4n) is 3.27. The Kier molecular flexibility index (Phi) is 9.17. The first-order valence-corrected chi connectivity index (χ1v) is 8.56. The van der Waals surface area contributed by atoms with Gasteiger partial charge >= 0.3 is 0 Å². The molecular formula is C18H29Cl2N3O2. The number of nitrogens with zero attached hydrogens (tertiary/aromatic N) is 1. The molecule has 7 heteroatoms. The summed E-state index contributed by atoms with van der Waals surface area (Å²) in [6, 6.07) is 7.98. The largest absolute Gasteiger partial charge is 0.373 e. The molecule has 2 N–H and O–H groups in total. The Morgan fingerprint density at radius 2 is 1.76 bits per heavy atom. The number of nitrogens with one attached hydrogen (secondary N) is 2. The lowest BCUT2D eigenvalue weighted by molar-refractivity contribution is -0.0704. The van der Waals surface area contributed by atoms with Crippen molar-refractivity contribution in [2.45, 2.75) is 32.6 Å². The van der Waals surface area contributed by atoms with Crippen LogP contribution in [0.15, 0.2) is 24.3 Å². The quantitative estimate of drug-likeness (QED) is 0.809. The minimum absolute atomic E-state index is 0. The maximum absolute atomic E-state index is 12.1. The van der Waals surface area contributed by atoms with Crippen LogP contribution in [-0.4, -0.2) is 55.7 Å². The number of carbonyl (C=O) groups excluding carboxylic acids is 1. The van der Waals surface area contributed by atoms with Crippen molar-refractivity contribution in [1.29, 1.82) is 0 Å². The van der Waals surface area contributed by atoms with E-state index in [1.807, 2.05) is 12.1 Å². The van der Waals surface area contributed by atoms with Gasteiger partial charge < -0.3 is 15.4 Å². The summed E-state index contributed by atoms with van der Waals surface area (Å²) in [6.07, 6.45) is 0.564. The minimum atomic E-state index is 0. The summed E-state index contributed by atoms with van der Waals surface area (Å²) in [5, 5.41) is 6.22. The van der Waals surface area contributed by atoms with Gasteiger partial charge in [-0.05, 0) is 31.5 Å². The van der Waals surface area contributed by atoms with Gasteiger partial charge in [-0.15, -0.1) is 24.8 Å². The topological polar surface area (TPSA) is 53.6 Å². The second-order valence-corrected chi connectivity index (χ2v) is 6.88. The Bertz CT molecular complexity index is 528. The van der Waals surface area contributed by atoms with Crippen LogP contribution >= 0.6 is 24.8 Å². The average Bonchev–Trinajstić information content (AvgIpc) is 2.45. The van der Waals surface area contributed by atoms with Gasteiger partial charge in [0.2, 0.25) is 0 Å². The Labute approximate surface area is 162 Å². The monoisotopic (exact) mass is 389 g/mol. The molecule has 2 heterocycles. The van der Waals surface area contributed by atoms with Gasteiger partial charge in [-0.3, -0.25) is 9.69 Å². The molecule has 2 unspecified atom stereocenters. The van der Waals surface area contributed by atoms with E-state index in [2.05, 4.69) is 41.5 Å². The summed E-state index contributed by atoms with van der Waals surface area (Å²) < 4.78 is 5.77. The summed E-state index contributed by atoms with van der Waals surface area (Å²) in [5.74, 6) is 0.612. The van der Waals surface area contributed by atoms with Gasteiger partial charge in [0.15, 0.2) is 0 Å². The Hall–Kier alpha value is -0.850. The van der Waals surface area contributed by atoms with Crippen molar-refractivity contribution in [2.24, 2.45) is 5.92 Å². The van der Waals surface area contributed by atoms with Gasteiger partial charge in [0.05, 0.1) is 12.2 Å². The van der Waals surface area contributed by atoms with E-state index in [4.69, 9.17) is 4.74 Å². The molecule has 142 valence electrons. The second-order valence-electron chi connectivity index (χ2n) is 6.88. The molecule has 0 saturated carbocycles. The lowest BCUT2D eigenvalue weighted by Crippen LogP contribution is -2.48. The van der Waals surface area contributed by atoms with Gasteiger partial charge in [0.1, 0.15) is 0 Å². The summed E-state index contributed by atoms with van der Waals surface area (Å²) in [6.45, 7) is 9.85. The van der Waals surface area contributed by atoms with Crippen LogP contribution in [0, 0.1) is 5.92 Å². The highest BCUT2D eigenvalue weighted by molar-refractivity contribution is 5.94. The first-order valence-electron chi connectivity index (χ1n) is 8.56. The van der Waals surface area contributed by atoms with Gasteiger partial charge in [-0.2, -0.15) is 0 Å². The smallest absolute Gasteiger partial charge is 0.251 e. The van der Waals surface area contributed by atoms with Crippen molar-refractivity contribution in [1.82, 2.24) is 15.5 Å². The van der Waals surface area contributed by atoms with Crippen LogP contribution in [0.5, 0.6) is 0 Å². The molecule has 2 fully saturated rings. The molecule has 2 aliphatic rings. The number of halogens is 2. The molecule has 0 radical (unpaired) electrons. The molecule has 2 saturated heterocycles. The van der Waals surface area contributed by atoms with E-state index in [-0.39, 0.29) is 42.9 Å². The second kappa shape index (κ2) is 10.3. The molecule has 25 heavy (non-hydrogen) atoms. The third-order valence-electron chi connectivity index (χ3n) is 4.53. The van der Waals surface area contributed by atoms with E-state index in [0.717, 1.165) is 44.8 Å². The summed E-state index contributed by atoms with van der Waals surface area (Å²) in [5.41, 5.74) is 1.98. The fraction of sp³-hybridized carbons (Fsp3) is 0.611. The van der Waals surface area contributed by atoms with Crippen molar-refractivity contribution in [3.63, 3.8) is 0 Å². The van der Waals surface area contributed by atoms with Crippen LogP contribution in [0.4, 0.5) is 0 Å². The highest BCUT2D eigenvalue weighted by Gasteiger charge is 2.22. The van der Waals surface area contributed by atoms with Crippen molar-refractivity contribution < 1.29 is 9.53 Å². The maximum atomic E-state index is 12.1. The van der Waals surface area contributed by atoms with E-state index in [1.54, 1.807) is 0 Å². The normalized spacial score (nSPS) is 23.8. The van der Waals surface area contributed by atoms with E-state index < -0.39 is 0 Å². The predicted molar refractivity (Wildman–Crippen MR) is 105 cm³/mol. The highest BCUT2D eigenvalue weighted by Crippen LogP contribution is 2.15.